The maximum Gasteiger partial charge on any atom is 0.326 e. The summed E-state index contributed by atoms with van der Waals surface area (Å²) in [6.45, 7) is 0. The highest BCUT2D eigenvalue weighted by atomic mass is 35.5. The molecule has 0 aliphatic rings. The summed E-state index contributed by atoms with van der Waals surface area (Å²) in [4.78, 5) is 24.4. The number of aromatic nitrogens is 1. The number of amides is 1. The van der Waals surface area contributed by atoms with E-state index in [0.29, 0.717) is 0 Å². The number of carboxylic acids is 1. The van der Waals surface area contributed by atoms with Crippen LogP contribution in [0.1, 0.15) is 5.56 Å². The Morgan fingerprint density at radius 2 is 2.00 bits per heavy atom. The molecule has 0 aliphatic carbocycles. The van der Waals surface area contributed by atoms with Gasteiger partial charge in [-0.1, -0.05) is 41.4 Å². The summed E-state index contributed by atoms with van der Waals surface area (Å²) in [5.74, 6) is -1.86. The SMILES string of the molecule is O=C(N[C@H](Cc1c[nH]c2ccccc12)C(=O)O)C(Cl)Cl. The maximum atomic E-state index is 11.4. The molecule has 1 heterocycles. The van der Waals surface area contributed by atoms with E-state index in [9.17, 15) is 9.59 Å². The zero-order valence-electron chi connectivity index (χ0n) is 10.3. The van der Waals surface area contributed by atoms with Gasteiger partial charge >= 0.3 is 5.97 Å². The number of halogens is 2. The van der Waals surface area contributed by atoms with Crippen molar-refractivity contribution in [1.29, 1.82) is 0 Å². The summed E-state index contributed by atoms with van der Waals surface area (Å²) >= 11 is 10.8. The lowest BCUT2D eigenvalue weighted by atomic mass is 10.1. The number of carboxylic acid groups (broad SMARTS) is 1. The van der Waals surface area contributed by atoms with Crippen LogP contribution in [0.4, 0.5) is 0 Å². The van der Waals surface area contributed by atoms with Crippen LogP contribution in [0.2, 0.25) is 0 Å². The molecule has 0 fully saturated rings. The molecule has 3 N–H and O–H groups in total. The molecule has 1 amide bonds. The molecular weight excluding hydrogens is 303 g/mol. The summed E-state index contributed by atoms with van der Waals surface area (Å²) in [5, 5.41) is 12.4. The van der Waals surface area contributed by atoms with Gasteiger partial charge in [0, 0.05) is 23.5 Å². The average Bonchev–Trinajstić information content (AvgIpc) is 2.81. The van der Waals surface area contributed by atoms with Crippen LogP contribution in [-0.2, 0) is 16.0 Å². The van der Waals surface area contributed by atoms with Gasteiger partial charge in [-0.25, -0.2) is 4.79 Å². The lowest BCUT2D eigenvalue weighted by Crippen LogP contribution is -2.44. The van der Waals surface area contributed by atoms with Gasteiger partial charge in [0.05, 0.1) is 0 Å². The lowest BCUT2D eigenvalue weighted by Gasteiger charge is -2.14. The van der Waals surface area contributed by atoms with Crippen molar-refractivity contribution in [1.82, 2.24) is 10.3 Å². The molecule has 2 aromatic rings. The molecule has 1 atom stereocenters. The summed E-state index contributed by atoms with van der Waals surface area (Å²) in [6.07, 6.45) is 1.87. The molecule has 0 bridgehead atoms. The molecule has 7 heteroatoms. The monoisotopic (exact) mass is 314 g/mol. The van der Waals surface area contributed by atoms with Gasteiger partial charge in [-0.3, -0.25) is 4.79 Å². The zero-order chi connectivity index (χ0) is 14.7. The van der Waals surface area contributed by atoms with Crippen LogP contribution in [0.25, 0.3) is 10.9 Å². The molecule has 0 spiro atoms. The molecule has 0 saturated carbocycles. The van der Waals surface area contributed by atoms with E-state index in [4.69, 9.17) is 28.3 Å². The largest absolute Gasteiger partial charge is 0.480 e. The van der Waals surface area contributed by atoms with E-state index in [1.807, 2.05) is 24.3 Å². The van der Waals surface area contributed by atoms with E-state index in [1.54, 1.807) is 6.20 Å². The number of para-hydroxylation sites is 1. The number of carbonyl (C=O) groups excluding carboxylic acids is 1. The number of nitrogens with one attached hydrogen (secondary N) is 2. The molecule has 20 heavy (non-hydrogen) atoms. The number of benzene rings is 1. The molecule has 5 nitrogen and oxygen atoms in total. The summed E-state index contributed by atoms with van der Waals surface area (Å²) in [7, 11) is 0. The first-order valence-electron chi connectivity index (χ1n) is 5.85. The molecular formula is C13H12Cl2N2O3. The van der Waals surface area contributed by atoms with Crippen LogP contribution in [0.5, 0.6) is 0 Å². The third-order valence-corrected chi connectivity index (χ3v) is 3.31. The van der Waals surface area contributed by atoms with Crippen molar-refractivity contribution < 1.29 is 14.7 Å². The standard InChI is InChI=1S/C13H12Cl2N2O3/c14-11(15)12(18)17-10(13(19)20)5-7-6-16-9-4-2-1-3-8(7)9/h1-4,6,10-11,16H,5H2,(H,17,18)(H,19,20)/t10-/m1/s1. The van der Waals surface area contributed by atoms with Gasteiger partial charge in [0.1, 0.15) is 6.04 Å². The fourth-order valence-electron chi connectivity index (χ4n) is 1.96. The van der Waals surface area contributed by atoms with Crippen LogP contribution in [0.3, 0.4) is 0 Å². The van der Waals surface area contributed by atoms with Gasteiger partial charge in [0.2, 0.25) is 0 Å². The number of alkyl halides is 2. The van der Waals surface area contributed by atoms with Crippen molar-refractivity contribution in [2.24, 2.45) is 0 Å². The molecule has 0 radical (unpaired) electrons. The first kappa shape index (κ1) is 14.7. The molecule has 2 rings (SSSR count). The number of aromatic amines is 1. The number of aliphatic carboxylic acids is 1. The van der Waals surface area contributed by atoms with Gasteiger partial charge in [0.15, 0.2) is 4.84 Å². The van der Waals surface area contributed by atoms with E-state index >= 15 is 0 Å². The highest BCUT2D eigenvalue weighted by Gasteiger charge is 2.24. The number of fused-ring (bicyclic) bond motifs is 1. The van der Waals surface area contributed by atoms with E-state index in [0.717, 1.165) is 16.5 Å². The number of hydrogen-bond donors (Lipinski definition) is 3. The molecule has 0 unspecified atom stereocenters. The second kappa shape index (κ2) is 6.15. The van der Waals surface area contributed by atoms with Gasteiger partial charge in [-0.2, -0.15) is 0 Å². The fraction of sp³-hybridized carbons (Fsp3) is 0.231. The molecule has 1 aromatic heterocycles. The number of H-pyrrole nitrogens is 1. The normalized spacial score (nSPS) is 12.6. The second-order valence-electron chi connectivity index (χ2n) is 4.26. The quantitative estimate of drug-likeness (QED) is 0.739. The van der Waals surface area contributed by atoms with Crippen molar-refractivity contribution in [3.05, 3.63) is 36.0 Å². The van der Waals surface area contributed by atoms with Crippen molar-refractivity contribution in [3.8, 4) is 0 Å². The summed E-state index contributed by atoms with van der Waals surface area (Å²) < 4.78 is 0. The van der Waals surface area contributed by atoms with Gasteiger partial charge in [-0.05, 0) is 11.6 Å². The minimum Gasteiger partial charge on any atom is -0.480 e. The van der Waals surface area contributed by atoms with E-state index in [1.165, 1.54) is 0 Å². The second-order valence-corrected chi connectivity index (χ2v) is 5.36. The Bertz CT molecular complexity index is 639. The van der Waals surface area contributed by atoms with Crippen LogP contribution in [0, 0.1) is 0 Å². The van der Waals surface area contributed by atoms with Crippen molar-refractivity contribution in [3.63, 3.8) is 0 Å². The highest BCUT2D eigenvalue weighted by molar-refractivity contribution is 6.53. The third kappa shape index (κ3) is 3.23. The predicted molar refractivity (Wildman–Crippen MR) is 77.1 cm³/mol. The zero-order valence-corrected chi connectivity index (χ0v) is 11.8. The fourth-order valence-corrected chi connectivity index (χ4v) is 2.08. The molecule has 0 saturated heterocycles. The van der Waals surface area contributed by atoms with E-state index in [2.05, 4.69) is 10.3 Å². The first-order chi connectivity index (χ1) is 9.49. The molecule has 1 aromatic carbocycles. The van der Waals surface area contributed by atoms with Crippen molar-refractivity contribution >= 4 is 46.0 Å². The Kier molecular flexibility index (Phi) is 4.52. The Hall–Kier alpha value is -1.72. The van der Waals surface area contributed by atoms with E-state index in [-0.39, 0.29) is 6.42 Å². The number of rotatable bonds is 5. The Morgan fingerprint density at radius 1 is 1.30 bits per heavy atom. The van der Waals surface area contributed by atoms with Crippen LogP contribution >= 0.6 is 23.2 Å². The smallest absolute Gasteiger partial charge is 0.326 e. The Balaban J connectivity index is 2.20. The van der Waals surface area contributed by atoms with Crippen molar-refractivity contribution in [2.75, 3.05) is 0 Å². The van der Waals surface area contributed by atoms with E-state index < -0.39 is 22.8 Å². The summed E-state index contributed by atoms with van der Waals surface area (Å²) in [6, 6.07) is 6.43. The minimum atomic E-state index is -1.29. The Labute approximate surface area is 124 Å². The number of carbonyl (C=O) groups is 2. The lowest BCUT2D eigenvalue weighted by molar-refractivity contribution is -0.141. The topological polar surface area (TPSA) is 82.2 Å². The minimum absolute atomic E-state index is 0.144. The molecule has 0 aliphatic heterocycles. The van der Waals surface area contributed by atoms with Gasteiger partial charge < -0.3 is 15.4 Å². The number of hydrogen-bond acceptors (Lipinski definition) is 2. The maximum absolute atomic E-state index is 11.4. The Morgan fingerprint density at radius 3 is 2.65 bits per heavy atom. The third-order valence-electron chi connectivity index (χ3n) is 2.91. The average molecular weight is 315 g/mol. The van der Waals surface area contributed by atoms with Gasteiger partial charge in [0.25, 0.3) is 5.91 Å². The van der Waals surface area contributed by atoms with Gasteiger partial charge in [-0.15, -0.1) is 0 Å². The summed E-state index contributed by atoms with van der Waals surface area (Å²) in [5.41, 5.74) is 1.71. The van der Waals surface area contributed by atoms with Crippen LogP contribution in [-0.4, -0.2) is 32.8 Å². The van der Waals surface area contributed by atoms with Crippen molar-refractivity contribution in [2.45, 2.75) is 17.3 Å². The highest BCUT2D eigenvalue weighted by Crippen LogP contribution is 2.19. The first-order valence-corrected chi connectivity index (χ1v) is 6.72. The predicted octanol–water partition coefficient (Wildman–Crippen LogP) is 2.08. The van der Waals surface area contributed by atoms with Crippen LogP contribution in [0.15, 0.2) is 30.5 Å². The van der Waals surface area contributed by atoms with Crippen LogP contribution < -0.4 is 5.32 Å². The molecule has 106 valence electrons.